The molecule has 0 bridgehead atoms. The standard InChI is InChI=1S/C16H23FN2O.ClH/c1-11-7-12(9-13(17)8-11)15(20)19-10-14-16(2,3)5-4-6-18-14;/h7-9,14,18H,4-6,10H2,1-3H3,(H,19,20);1H. The van der Waals surface area contributed by atoms with Gasteiger partial charge in [0.05, 0.1) is 0 Å². The normalized spacial score (nSPS) is 20.5. The summed E-state index contributed by atoms with van der Waals surface area (Å²) in [7, 11) is 0. The van der Waals surface area contributed by atoms with Gasteiger partial charge in [-0.25, -0.2) is 4.39 Å². The Hall–Kier alpha value is -1.13. The first-order valence-corrected chi connectivity index (χ1v) is 7.17. The van der Waals surface area contributed by atoms with Gasteiger partial charge in [-0.3, -0.25) is 4.79 Å². The fourth-order valence-electron chi connectivity index (χ4n) is 2.78. The second-order valence-corrected chi connectivity index (χ2v) is 6.33. The lowest BCUT2D eigenvalue weighted by Crippen LogP contribution is -2.52. The van der Waals surface area contributed by atoms with Crippen LogP contribution in [0.2, 0.25) is 0 Å². The molecule has 0 spiro atoms. The molecule has 1 fully saturated rings. The van der Waals surface area contributed by atoms with Gasteiger partial charge in [0, 0.05) is 18.2 Å². The molecule has 0 radical (unpaired) electrons. The first kappa shape index (κ1) is 17.9. The fourth-order valence-corrected chi connectivity index (χ4v) is 2.78. The van der Waals surface area contributed by atoms with Crippen molar-refractivity contribution in [2.24, 2.45) is 5.41 Å². The van der Waals surface area contributed by atoms with Crippen LogP contribution in [0, 0.1) is 18.2 Å². The number of nitrogens with one attached hydrogen (secondary N) is 2. The Balaban J connectivity index is 0.00000220. The van der Waals surface area contributed by atoms with Crippen molar-refractivity contribution in [1.29, 1.82) is 0 Å². The predicted molar refractivity (Wildman–Crippen MR) is 85.5 cm³/mol. The molecular formula is C16H24ClFN2O. The molecule has 1 amide bonds. The van der Waals surface area contributed by atoms with Gasteiger partial charge in [-0.05, 0) is 55.5 Å². The van der Waals surface area contributed by atoms with Crippen LogP contribution in [-0.4, -0.2) is 25.0 Å². The molecule has 1 aromatic rings. The largest absolute Gasteiger partial charge is 0.350 e. The molecule has 21 heavy (non-hydrogen) atoms. The molecule has 1 saturated heterocycles. The van der Waals surface area contributed by atoms with E-state index < -0.39 is 0 Å². The van der Waals surface area contributed by atoms with Crippen LogP contribution in [0.15, 0.2) is 18.2 Å². The fraction of sp³-hybridized carbons (Fsp3) is 0.562. The van der Waals surface area contributed by atoms with E-state index in [0.717, 1.165) is 18.5 Å². The number of carbonyl (C=O) groups excluding carboxylic acids is 1. The van der Waals surface area contributed by atoms with Crippen molar-refractivity contribution in [2.45, 2.75) is 39.7 Å². The van der Waals surface area contributed by atoms with Crippen molar-refractivity contribution >= 4 is 18.3 Å². The molecule has 5 heteroatoms. The third kappa shape index (κ3) is 4.68. The maximum atomic E-state index is 13.3. The molecule has 1 aliphatic heterocycles. The summed E-state index contributed by atoms with van der Waals surface area (Å²) in [6, 6.07) is 4.66. The van der Waals surface area contributed by atoms with Gasteiger partial charge in [0.2, 0.25) is 0 Å². The number of amides is 1. The monoisotopic (exact) mass is 314 g/mol. The van der Waals surface area contributed by atoms with E-state index in [2.05, 4.69) is 24.5 Å². The predicted octanol–water partition coefficient (Wildman–Crippen LogP) is 3.06. The number of rotatable bonds is 3. The van der Waals surface area contributed by atoms with E-state index in [4.69, 9.17) is 0 Å². The van der Waals surface area contributed by atoms with Crippen LogP contribution in [0.3, 0.4) is 0 Å². The van der Waals surface area contributed by atoms with Crippen molar-refractivity contribution in [2.75, 3.05) is 13.1 Å². The Kier molecular flexibility index (Phi) is 6.17. The van der Waals surface area contributed by atoms with E-state index >= 15 is 0 Å². The molecule has 0 aliphatic carbocycles. The molecule has 2 N–H and O–H groups in total. The second-order valence-electron chi connectivity index (χ2n) is 6.33. The first-order chi connectivity index (χ1) is 9.38. The van der Waals surface area contributed by atoms with Crippen molar-refractivity contribution in [3.63, 3.8) is 0 Å². The van der Waals surface area contributed by atoms with Crippen molar-refractivity contribution in [3.05, 3.63) is 35.1 Å². The zero-order valence-corrected chi connectivity index (χ0v) is 13.6. The number of halogens is 2. The van der Waals surface area contributed by atoms with Gasteiger partial charge in [-0.1, -0.05) is 13.8 Å². The summed E-state index contributed by atoms with van der Waals surface area (Å²) >= 11 is 0. The van der Waals surface area contributed by atoms with Gasteiger partial charge in [-0.2, -0.15) is 0 Å². The minimum absolute atomic E-state index is 0. The highest BCUT2D eigenvalue weighted by Crippen LogP contribution is 2.29. The van der Waals surface area contributed by atoms with Gasteiger partial charge < -0.3 is 10.6 Å². The number of hydrogen-bond acceptors (Lipinski definition) is 2. The smallest absolute Gasteiger partial charge is 0.251 e. The molecule has 2 rings (SSSR count). The number of hydrogen-bond donors (Lipinski definition) is 2. The van der Waals surface area contributed by atoms with E-state index in [1.54, 1.807) is 13.0 Å². The number of carbonyl (C=O) groups is 1. The average molecular weight is 315 g/mol. The maximum absolute atomic E-state index is 13.3. The van der Waals surface area contributed by atoms with Crippen molar-refractivity contribution < 1.29 is 9.18 Å². The van der Waals surface area contributed by atoms with E-state index in [1.807, 2.05) is 0 Å². The first-order valence-electron chi connectivity index (χ1n) is 7.17. The van der Waals surface area contributed by atoms with E-state index in [0.29, 0.717) is 12.1 Å². The summed E-state index contributed by atoms with van der Waals surface area (Å²) in [5, 5.41) is 6.36. The number of benzene rings is 1. The van der Waals surface area contributed by atoms with Gasteiger partial charge in [0.15, 0.2) is 0 Å². The van der Waals surface area contributed by atoms with Crippen LogP contribution < -0.4 is 10.6 Å². The summed E-state index contributed by atoms with van der Waals surface area (Å²) in [4.78, 5) is 12.1. The minimum Gasteiger partial charge on any atom is -0.350 e. The second kappa shape index (κ2) is 7.23. The average Bonchev–Trinajstić information content (AvgIpc) is 2.35. The highest BCUT2D eigenvalue weighted by atomic mass is 35.5. The van der Waals surface area contributed by atoms with Gasteiger partial charge in [-0.15, -0.1) is 12.4 Å². The molecule has 1 aromatic carbocycles. The van der Waals surface area contributed by atoms with Crippen LogP contribution >= 0.6 is 12.4 Å². The highest BCUT2D eigenvalue weighted by Gasteiger charge is 2.31. The molecule has 0 saturated carbocycles. The SMILES string of the molecule is Cc1cc(F)cc(C(=O)NCC2NCCCC2(C)C)c1.Cl. The quantitative estimate of drug-likeness (QED) is 0.900. The molecule has 118 valence electrons. The minimum atomic E-state index is -0.369. The maximum Gasteiger partial charge on any atom is 0.251 e. The zero-order valence-electron chi connectivity index (χ0n) is 12.8. The zero-order chi connectivity index (χ0) is 14.8. The molecular weight excluding hydrogens is 291 g/mol. The topological polar surface area (TPSA) is 41.1 Å². The Morgan fingerprint density at radius 3 is 2.76 bits per heavy atom. The van der Waals surface area contributed by atoms with Gasteiger partial charge in [0.1, 0.15) is 5.82 Å². The Morgan fingerprint density at radius 2 is 2.14 bits per heavy atom. The van der Waals surface area contributed by atoms with E-state index in [-0.39, 0.29) is 35.6 Å². The lowest BCUT2D eigenvalue weighted by molar-refractivity contribution is 0.0928. The summed E-state index contributed by atoms with van der Waals surface area (Å²) < 4.78 is 13.3. The van der Waals surface area contributed by atoms with Crippen LogP contribution in [0.5, 0.6) is 0 Å². The molecule has 1 unspecified atom stereocenters. The van der Waals surface area contributed by atoms with Crippen LogP contribution in [-0.2, 0) is 0 Å². The lowest BCUT2D eigenvalue weighted by Gasteiger charge is -2.39. The molecule has 0 aromatic heterocycles. The third-order valence-corrected chi connectivity index (χ3v) is 4.10. The van der Waals surface area contributed by atoms with Gasteiger partial charge >= 0.3 is 0 Å². The number of aryl methyl sites for hydroxylation is 1. The third-order valence-electron chi connectivity index (χ3n) is 4.10. The molecule has 1 heterocycles. The number of piperidine rings is 1. The van der Waals surface area contributed by atoms with Crippen molar-refractivity contribution in [1.82, 2.24) is 10.6 Å². The van der Waals surface area contributed by atoms with Gasteiger partial charge in [0.25, 0.3) is 5.91 Å². The summed E-state index contributed by atoms with van der Waals surface area (Å²) in [6.07, 6.45) is 2.32. The van der Waals surface area contributed by atoms with Crippen LogP contribution in [0.1, 0.15) is 42.6 Å². The molecule has 1 atom stereocenters. The summed E-state index contributed by atoms with van der Waals surface area (Å²) in [5.74, 6) is -0.581. The highest BCUT2D eigenvalue weighted by molar-refractivity contribution is 5.94. The molecule has 1 aliphatic rings. The van der Waals surface area contributed by atoms with Crippen molar-refractivity contribution in [3.8, 4) is 0 Å². The molecule has 3 nitrogen and oxygen atoms in total. The Morgan fingerprint density at radius 1 is 1.43 bits per heavy atom. The van der Waals surface area contributed by atoms with Crippen LogP contribution in [0.4, 0.5) is 4.39 Å². The Bertz CT molecular complexity index is 485. The van der Waals surface area contributed by atoms with Crippen LogP contribution in [0.25, 0.3) is 0 Å². The summed E-state index contributed by atoms with van der Waals surface area (Å²) in [5.41, 5.74) is 1.31. The lowest BCUT2D eigenvalue weighted by atomic mass is 9.77. The summed E-state index contributed by atoms with van der Waals surface area (Å²) in [6.45, 7) is 7.76. The van der Waals surface area contributed by atoms with E-state index in [1.165, 1.54) is 18.6 Å². The Labute approximate surface area is 132 Å². The van der Waals surface area contributed by atoms with E-state index in [9.17, 15) is 9.18 Å².